The Morgan fingerprint density at radius 3 is 2.52 bits per heavy atom. The summed E-state index contributed by atoms with van der Waals surface area (Å²) < 4.78 is 7.85. The molecule has 1 aromatic carbocycles. The van der Waals surface area contributed by atoms with E-state index in [1.807, 2.05) is 0 Å². The number of methoxy groups -OCH3 is 1. The molecule has 0 unspecified atom stereocenters. The van der Waals surface area contributed by atoms with Crippen molar-refractivity contribution < 1.29 is 23.9 Å². The van der Waals surface area contributed by atoms with Crippen molar-refractivity contribution in [3.8, 4) is 5.75 Å². The first-order valence-corrected chi connectivity index (χ1v) is 6.76. The van der Waals surface area contributed by atoms with Gasteiger partial charge >= 0.3 is 12.1 Å². The highest BCUT2D eigenvalue weighted by Crippen LogP contribution is 2.25. The number of benzene rings is 1. The van der Waals surface area contributed by atoms with Crippen molar-refractivity contribution in [1.29, 1.82) is 0 Å². The van der Waals surface area contributed by atoms with E-state index in [4.69, 9.17) is 39.5 Å². The highest BCUT2D eigenvalue weighted by atomic mass is 35.6. The van der Waals surface area contributed by atoms with Gasteiger partial charge < -0.3 is 14.3 Å². The number of ether oxygens (including phenoxy) is 2. The summed E-state index contributed by atoms with van der Waals surface area (Å²) >= 11 is 16.2. The standard InChI is InChI=1S/C12H12Cl3NO5/c1-19-9-5-3-2-4-8(9)6-10(17)21-16-11(18)20-7-12(13,14)15/h2-5H,6-7H2,1H3,(H,16,18). The Hall–Kier alpha value is -1.37. The summed E-state index contributed by atoms with van der Waals surface area (Å²) in [6, 6.07) is 6.90. The number of rotatable bonds is 4. The molecule has 0 aliphatic heterocycles. The third kappa shape index (κ3) is 7.27. The molecule has 0 aliphatic carbocycles. The van der Waals surface area contributed by atoms with Gasteiger partial charge in [0.2, 0.25) is 3.79 Å². The highest BCUT2D eigenvalue weighted by Gasteiger charge is 2.22. The lowest BCUT2D eigenvalue weighted by Gasteiger charge is -2.12. The number of amides is 1. The van der Waals surface area contributed by atoms with Crippen LogP contribution in [-0.2, 0) is 20.8 Å². The molecule has 0 bridgehead atoms. The van der Waals surface area contributed by atoms with Crippen molar-refractivity contribution in [3.05, 3.63) is 29.8 Å². The zero-order chi connectivity index (χ0) is 15.9. The predicted octanol–water partition coefficient (Wildman–Crippen LogP) is 2.79. The van der Waals surface area contributed by atoms with Crippen molar-refractivity contribution in [1.82, 2.24) is 5.48 Å². The van der Waals surface area contributed by atoms with E-state index >= 15 is 0 Å². The zero-order valence-electron chi connectivity index (χ0n) is 10.9. The number of nitrogens with one attached hydrogen (secondary N) is 1. The van der Waals surface area contributed by atoms with Crippen LogP contribution >= 0.6 is 34.8 Å². The molecule has 0 heterocycles. The van der Waals surface area contributed by atoms with Gasteiger partial charge in [-0.2, -0.15) is 0 Å². The third-order valence-corrected chi connectivity index (χ3v) is 2.47. The zero-order valence-corrected chi connectivity index (χ0v) is 13.2. The van der Waals surface area contributed by atoms with Crippen LogP contribution < -0.4 is 10.2 Å². The van der Waals surface area contributed by atoms with Gasteiger partial charge in [0.1, 0.15) is 12.4 Å². The van der Waals surface area contributed by atoms with Crippen LogP contribution in [0.2, 0.25) is 0 Å². The Morgan fingerprint density at radius 2 is 1.90 bits per heavy atom. The van der Waals surface area contributed by atoms with Crippen LogP contribution in [0.15, 0.2) is 24.3 Å². The molecule has 0 spiro atoms. The van der Waals surface area contributed by atoms with Gasteiger partial charge in [-0.05, 0) is 6.07 Å². The number of hydrogen-bond donors (Lipinski definition) is 1. The first-order chi connectivity index (χ1) is 9.81. The Bertz CT molecular complexity index is 504. The van der Waals surface area contributed by atoms with E-state index in [1.165, 1.54) is 7.11 Å². The summed E-state index contributed by atoms with van der Waals surface area (Å²) in [5.74, 6) is -0.168. The summed E-state index contributed by atoms with van der Waals surface area (Å²) in [5, 5.41) is 0. The summed E-state index contributed by atoms with van der Waals surface area (Å²) in [7, 11) is 1.48. The Kier molecular flexibility index (Phi) is 6.87. The number of hydrogen-bond acceptors (Lipinski definition) is 5. The molecule has 0 aromatic heterocycles. The van der Waals surface area contributed by atoms with Crippen molar-refractivity contribution in [3.63, 3.8) is 0 Å². The number of alkyl halides is 3. The maximum atomic E-state index is 11.6. The molecule has 116 valence electrons. The van der Waals surface area contributed by atoms with Gasteiger partial charge in [0.15, 0.2) is 0 Å². The van der Waals surface area contributed by atoms with Crippen molar-refractivity contribution >= 4 is 46.9 Å². The molecule has 6 nitrogen and oxygen atoms in total. The molecular weight excluding hydrogens is 344 g/mol. The van der Waals surface area contributed by atoms with Crippen LogP contribution in [0.5, 0.6) is 5.75 Å². The summed E-state index contributed by atoms with van der Waals surface area (Å²) in [5.41, 5.74) is 2.40. The molecule has 0 fully saturated rings. The van der Waals surface area contributed by atoms with Crippen molar-refractivity contribution in [2.75, 3.05) is 13.7 Å². The molecule has 0 saturated heterocycles. The lowest BCUT2D eigenvalue weighted by molar-refractivity contribution is -0.148. The van der Waals surface area contributed by atoms with Crippen LogP contribution in [0, 0.1) is 0 Å². The normalized spacial score (nSPS) is 10.7. The summed E-state index contributed by atoms with van der Waals surface area (Å²) in [6.07, 6.45) is -1.14. The molecule has 1 rings (SSSR count). The van der Waals surface area contributed by atoms with Gasteiger partial charge in [-0.1, -0.05) is 53.0 Å². The molecule has 0 aliphatic rings. The topological polar surface area (TPSA) is 73.9 Å². The van der Waals surface area contributed by atoms with Crippen LogP contribution in [0.25, 0.3) is 0 Å². The smallest absolute Gasteiger partial charge is 0.440 e. The Morgan fingerprint density at radius 1 is 1.24 bits per heavy atom. The van der Waals surface area contributed by atoms with E-state index < -0.39 is 22.5 Å². The second-order valence-electron chi connectivity index (χ2n) is 3.76. The van der Waals surface area contributed by atoms with E-state index in [2.05, 4.69) is 9.57 Å². The SMILES string of the molecule is COc1ccccc1CC(=O)ONC(=O)OCC(Cl)(Cl)Cl. The number of halogens is 3. The largest absolute Gasteiger partial charge is 0.496 e. The third-order valence-electron chi connectivity index (χ3n) is 2.14. The second-order valence-corrected chi connectivity index (χ2v) is 6.27. The molecular formula is C12H12Cl3NO5. The van der Waals surface area contributed by atoms with Gasteiger partial charge in [-0.3, -0.25) is 0 Å². The van der Waals surface area contributed by atoms with E-state index in [0.717, 1.165) is 0 Å². The van der Waals surface area contributed by atoms with Crippen molar-refractivity contribution in [2.45, 2.75) is 10.2 Å². The van der Waals surface area contributed by atoms with Gasteiger partial charge in [0, 0.05) is 5.56 Å². The van der Waals surface area contributed by atoms with E-state index in [-0.39, 0.29) is 6.42 Å². The number of hydroxylamine groups is 1. The van der Waals surface area contributed by atoms with Crippen LogP contribution in [0.3, 0.4) is 0 Å². The lowest BCUT2D eigenvalue weighted by Crippen LogP contribution is -2.30. The minimum absolute atomic E-state index is 0.0885. The maximum Gasteiger partial charge on any atom is 0.440 e. The molecule has 0 saturated carbocycles. The van der Waals surface area contributed by atoms with E-state index in [0.29, 0.717) is 11.3 Å². The summed E-state index contributed by atoms with van der Waals surface area (Å²) in [4.78, 5) is 27.2. The minimum Gasteiger partial charge on any atom is -0.496 e. The first kappa shape index (κ1) is 17.7. The van der Waals surface area contributed by atoms with Crippen LogP contribution in [0.1, 0.15) is 5.56 Å². The molecule has 21 heavy (non-hydrogen) atoms. The summed E-state index contributed by atoms with van der Waals surface area (Å²) in [6.45, 7) is -0.479. The van der Waals surface area contributed by atoms with E-state index in [9.17, 15) is 9.59 Å². The molecule has 1 N–H and O–H groups in total. The number of para-hydroxylation sites is 1. The van der Waals surface area contributed by atoms with Crippen LogP contribution in [0.4, 0.5) is 4.79 Å². The van der Waals surface area contributed by atoms with Gasteiger partial charge in [0.05, 0.1) is 13.5 Å². The first-order valence-electron chi connectivity index (χ1n) is 5.63. The van der Waals surface area contributed by atoms with Crippen LogP contribution in [-0.4, -0.2) is 29.6 Å². The fraction of sp³-hybridized carbons (Fsp3) is 0.333. The van der Waals surface area contributed by atoms with Gasteiger partial charge in [-0.15, -0.1) is 5.48 Å². The quantitative estimate of drug-likeness (QED) is 0.663. The molecule has 1 amide bonds. The number of carbonyl (C=O) groups is 2. The molecule has 1 aromatic rings. The predicted molar refractivity (Wildman–Crippen MR) is 77.6 cm³/mol. The maximum absolute atomic E-state index is 11.6. The molecule has 0 atom stereocenters. The highest BCUT2D eigenvalue weighted by molar-refractivity contribution is 6.67. The Balaban J connectivity index is 2.39. The van der Waals surface area contributed by atoms with E-state index in [1.54, 1.807) is 29.7 Å². The minimum atomic E-state index is -1.74. The lowest BCUT2D eigenvalue weighted by atomic mass is 10.1. The molecule has 0 radical (unpaired) electrons. The number of carbonyl (C=O) groups excluding carboxylic acids is 2. The van der Waals surface area contributed by atoms with Crippen molar-refractivity contribution in [2.24, 2.45) is 0 Å². The monoisotopic (exact) mass is 355 g/mol. The molecule has 9 heteroatoms. The Labute approximate surface area is 136 Å². The second kappa shape index (κ2) is 8.17. The van der Waals surface area contributed by atoms with Gasteiger partial charge in [0.25, 0.3) is 0 Å². The van der Waals surface area contributed by atoms with Gasteiger partial charge in [-0.25, -0.2) is 9.59 Å². The average Bonchev–Trinajstić information content (AvgIpc) is 2.42. The fourth-order valence-corrected chi connectivity index (χ4v) is 1.48. The fourth-order valence-electron chi connectivity index (χ4n) is 1.32. The average molecular weight is 357 g/mol.